The van der Waals surface area contributed by atoms with Gasteiger partial charge in [0.2, 0.25) is 5.60 Å². The molecule has 1 saturated heterocycles. The first-order valence-corrected chi connectivity index (χ1v) is 8.74. The number of esters is 1. The Hall–Kier alpha value is -2.80. The number of cyclic esters (lactones) is 1. The minimum absolute atomic E-state index is 0.160. The number of nitriles is 1. The highest BCUT2D eigenvalue weighted by atomic mass is 16.6. The second-order valence-corrected chi connectivity index (χ2v) is 7.28. The van der Waals surface area contributed by atoms with Crippen LogP contribution < -0.4 is 4.74 Å². The SMILES string of the molecule is COc1ccc(C2(C#N)OC(=O)CC2(C)c2ccc(C(C)C)cc2)cc1. The minimum atomic E-state index is -1.37. The molecule has 0 amide bonds. The molecule has 2 aromatic rings. The Kier molecular flexibility index (Phi) is 4.50. The van der Waals surface area contributed by atoms with Gasteiger partial charge in [-0.2, -0.15) is 5.26 Å². The molecule has 0 aliphatic carbocycles. The molecule has 2 unspecified atom stereocenters. The molecule has 0 saturated carbocycles. The summed E-state index contributed by atoms with van der Waals surface area (Å²) in [6, 6.07) is 17.6. The normalized spacial score (nSPS) is 25.0. The molecule has 1 aliphatic heterocycles. The van der Waals surface area contributed by atoms with Crippen molar-refractivity contribution in [3.8, 4) is 11.8 Å². The van der Waals surface area contributed by atoms with E-state index in [1.807, 2.05) is 19.1 Å². The number of carbonyl (C=O) groups excluding carboxylic acids is 1. The molecule has 4 heteroatoms. The quantitative estimate of drug-likeness (QED) is 0.766. The van der Waals surface area contributed by atoms with Gasteiger partial charge in [-0.25, -0.2) is 0 Å². The molecular weight excluding hydrogens is 326 g/mol. The Morgan fingerprint density at radius 2 is 1.65 bits per heavy atom. The molecule has 1 fully saturated rings. The van der Waals surface area contributed by atoms with Crippen LogP contribution in [0, 0.1) is 11.3 Å². The first kappa shape index (κ1) is 18.0. The molecule has 0 radical (unpaired) electrons. The largest absolute Gasteiger partial charge is 0.497 e. The van der Waals surface area contributed by atoms with E-state index in [0.29, 0.717) is 17.2 Å². The number of carbonyl (C=O) groups is 1. The van der Waals surface area contributed by atoms with E-state index in [4.69, 9.17) is 9.47 Å². The predicted molar refractivity (Wildman–Crippen MR) is 98.9 cm³/mol. The molecule has 0 aromatic heterocycles. The molecule has 1 heterocycles. The second kappa shape index (κ2) is 6.49. The molecule has 2 atom stereocenters. The number of hydrogen-bond donors (Lipinski definition) is 0. The highest BCUT2D eigenvalue weighted by molar-refractivity contribution is 5.77. The van der Waals surface area contributed by atoms with Gasteiger partial charge in [-0.05, 0) is 36.1 Å². The number of hydrogen-bond acceptors (Lipinski definition) is 4. The molecule has 1 aliphatic rings. The lowest BCUT2D eigenvalue weighted by Crippen LogP contribution is -2.42. The first-order valence-electron chi connectivity index (χ1n) is 8.74. The fourth-order valence-electron chi connectivity index (χ4n) is 3.69. The highest BCUT2D eigenvalue weighted by Gasteiger charge is 2.60. The maximum absolute atomic E-state index is 12.3. The van der Waals surface area contributed by atoms with E-state index >= 15 is 0 Å². The molecule has 4 nitrogen and oxygen atoms in total. The zero-order valence-electron chi connectivity index (χ0n) is 15.6. The van der Waals surface area contributed by atoms with Gasteiger partial charge in [-0.15, -0.1) is 0 Å². The van der Waals surface area contributed by atoms with Gasteiger partial charge < -0.3 is 9.47 Å². The smallest absolute Gasteiger partial charge is 0.308 e. The van der Waals surface area contributed by atoms with E-state index in [0.717, 1.165) is 5.56 Å². The van der Waals surface area contributed by atoms with Crippen molar-refractivity contribution in [2.75, 3.05) is 7.11 Å². The van der Waals surface area contributed by atoms with Crippen molar-refractivity contribution in [2.45, 2.75) is 44.1 Å². The van der Waals surface area contributed by atoms with Crippen molar-refractivity contribution in [1.29, 1.82) is 5.26 Å². The van der Waals surface area contributed by atoms with Crippen LogP contribution in [-0.2, 0) is 20.5 Å². The number of rotatable bonds is 4. The molecule has 134 valence electrons. The molecule has 0 bridgehead atoms. The van der Waals surface area contributed by atoms with Crippen LogP contribution in [-0.4, -0.2) is 13.1 Å². The summed E-state index contributed by atoms with van der Waals surface area (Å²) >= 11 is 0. The molecule has 0 N–H and O–H groups in total. The zero-order valence-corrected chi connectivity index (χ0v) is 15.6. The molecular formula is C22H23NO3. The Morgan fingerprint density at radius 3 is 2.15 bits per heavy atom. The van der Waals surface area contributed by atoms with Gasteiger partial charge in [-0.3, -0.25) is 4.79 Å². The summed E-state index contributed by atoms with van der Waals surface area (Å²) in [5.41, 5.74) is 0.653. The van der Waals surface area contributed by atoms with Crippen molar-refractivity contribution in [1.82, 2.24) is 0 Å². The summed E-state index contributed by atoms with van der Waals surface area (Å²) < 4.78 is 10.9. The fraction of sp³-hybridized carbons (Fsp3) is 0.364. The molecule has 3 rings (SSSR count). The van der Waals surface area contributed by atoms with Gasteiger partial charge in [0.05, 0.1) is 18.9 Å². The van der Waals surface area contributed by atoms with Crippen molar-refractivity contribution in [2.24, 2.45) is 0 Å². The predicted octanol–water partition coefficient (Wildman–Crippen LogP) is 4.44. The Labute approximate surface area is 154 Å². The maximum Gasteiger partial charge on any atom is 0.308 e. The lowest BCUT2D eigenvalue weighted by Gasteiger charge is -2.36. The van der Waals surface area contributed by atoms with E-state index in [1.165, 1.54) is 5.56 Å². The van der Waals surface area contributed by atoms with Crippen molar-refractivity contribution in [3.63, 3.8) is 0 Å². The van der Waals surface area contributed by atoms with Crippen LogP contribution in [0.1, 0.15) is 49.8 Å². The van der Waals surface area contributed by atoms with E-state index in [2.05, 4.69) is 32.0 Å². The van der Waals surface area contributed by atoms with Crippen LogP contribution in [0.2, 0.25) is 0 Å². The third-order valence-electron chi connectivity index (χ3n) is 5.41. The van der Waals surface area contributed by atoms with E-state index in [-0.39, 0.29) is 12.4 Å². The van der Waals surface area contributed by atoms with Gasteiger partial charge in [0.1, 0.15) is 11.8 Å². The van der Waals surface area contributed by atoms with Crippen molar-refractivity contribution in [3.05, 3.63) is 65.2 Å². The topological polar surface area (TPSA) is 59.3 Å². The summed E-state index contributed by atoms with van der Waals surface area (Å²) in [6.45, 7) is 6.20. The monoisotopic (exact) mass is 349 g/mol. The van der Waals surface area contributed by atoms with Gasteiger partial charge in [0, 0.05) is 5.56 Å². The molecule has 2 aromatic carbocycles. The van der Waals surface area contributed by atoms with Crippen molar-refractivity contribution >= 4 is 5.97 Å². The third-order valence-corrected chi connectivity index (χ3v) is 5.41. The summed E-state index contributed by atoms with van der Waals surface area (Å²) in [6.07, 6.45) is 0.160. The van der Waals surface area contributed by atoms with Crippen LogP contribution in [0.4, 0.5) is 0 Å². The van der Waals surface area contributed by atoms with Crippen LogP contribution in [0.15, 0.2) is 48.5 Å². The average Bonchev–Trinajstić information content (AvgIpc) is 2.93. The Bertz CT molecular complexity index is 848. The van der Waals surface area contributed by atoms with Crippen LogP contribution >= 0.6 is 0 Å². The van der Waals surface area contributed by atoms with Crippen LogP contribution in [0.5, 0.6) is 5.75 Å². The van der Waals surface area contributed by atoms with Gasteiger partial charge >= 0.3 is 5.97 Å². The third kappa shape index (κ3) is 2.64. The fourth-order valence-corrected chi connectivity index (χ4v) is 3.69. The highest BCUT2D eigenvalue weighted by Crippen LogP contribution is 2.52. The number of methoxy groups -OCH3 is 1. The second-order valence-electron chi connectivity index (χ2n) is 7.28. The number of nitrogens with zero attached hydrogens (tertiary/aromatic N) is 1. The Balaban J connectivity index is 2.13. The van der Waals surface area contributed by atoms with E-state index < -0.39 is 11.0 Å². The van der Waals surface area contributed by atoms with Crippen LogP contribution in [0.25, 0.3) is 0 Å². The maximum atomic E-state index is 12.3. The summed E-state index contributed by atoms with van der Waals surface area (Å²) in [5, 5.41) is 10.1. The van der Waals surface area contributed by atoms with Crippen molar-refractivity contribution < 1.29 is 14.3 Å². The lowest BCUT2D eigenvalue weighted by atomic mass is 9.66. The standard InChI is InChI=1S/C22H23NO3/c1-15(2)16-5-7-17(8-6-16)21(3)13-20(24)26-22(21,14-23)18-9-11-19(25-4)12-10-18/h5-12,15H,13H2,1-4H3. The Morgan fingerprint density at radius 1 is 1.08 bits per heavy atom. The van der Waals surface area contributed by atoms with Gasteiger partial charge in [0.15, 0.2) is 0 Å². The molecule has 26 heavy (non-hydrogen) atoms. The molecule has 0 spiro atoms. The van der Waals surface area contributed by atoms with E-state index in [9.17, 15) is 10.1 Å². The number of benzene rings is 2. The minimum Gasteiger partial charge on any atom is -0.497 e. The summed E-state index contributed by atoms with van der Waals surface area (Å²) in [5.74, 6) is 0.743. The number of ether oxygens (including phenoxy) is 2. The average molecular weight is 349 g/mol. The van der Waals surface area contributed by atoms with Gasteiger partial charge in [0.25, 0.3) is 0 Å². The summed E-state index contributed by atoms with van der Waals surface area (Å²) in [7, 11) is 1.59. The summed E-state index contributed by atoms with van der Waals surface area (Å²) in [4.78, 5) is 12.3. The van der Waals surface area contributed by atoms with Gasteiger partial charge in [-0.1, -0.05) is 50.2 Å². The van der Waals surface area contributed by atoms with Crippen LogP contribution in [0.3, 0.4) is 0 Å². The van der Waals surface area contributed by atoms with E-state index in [1.54, 1.807) is 31.4 Å². The lowest BCUT2D eigenvalue weighted by molar-refractivity contribution is -0.146. The zero-order chi connectivity index (χ0) is 18.9. The first-order chi connectivity index (χ1) is 12.4.